The van der Waals surface area contributed by atoms with Crippen LogP contribution in [0.15, 0.2) is 4.99 Å². The van der Waals surface area contributed by atoms with Crippen LogP contribution in [0.3, 0.4) is 0 Å². The maximum Gasteiger partial charge on any atom is 0.215 e. The van der Waals surface area contributed by atoms with E-state index >= 15 is 0 Å². The molecule has 0 heterocycles. The highest BCUT2D eigenvalue weighted by atomic mass is 32.2. The standard InChI is InChI=1S/C9H22N4O2S/c1-9(2,3)12-8(10)11-6-7-16(14,15)13(4)5/h6-7H2,1-5H3,(H3,10,11,12). The number of hydrogen-bond acceptors (Lipinski definition) is 3. The van der Waals surface area contributed by atoms with E-state index in [0.717, 1.165) is 0 Å². The molecular weight excluding hydrogens is 228 g/mol. The topological polar surface area (TPSA) is 87.8 Å². The first-order valence-electron chi connectivity index (χ1n) is 5.03. The number of sulfonamides is 1. The Hall–Kier alpha value is -0.820. The van der Waals surface area contributed by atoms with E-state index in [4.69, 9.17) is 5.73 Å². The van der Waals surface area contributed by atoms with Gasteiger partial charge in [0.2, 0.25) is 10.0 Å². The minimum atomic E-state index is -3.19. The molecule has 0 aliphatic carbocycles. The van der Waals surface area contributed by atoms with Crippen LogP contribution in [0.25, 0.3) is 0 Å². The monoisotopic (exact) mass is 250 g/mol. The van der Waals surface area contributed by atoms with Crippen molar-refractivity contribution >= 4 is 16.0 Å². The Morgan fingerprint density at radius 3 is 2.25 bits per heavy atom. The Labute approximate surface area is 98.0 Å². The smallest absolute Gasteiger partial charge is 0.215 e. The van der Waals surface area contributed by atoms with Crippen molar-refractivity contribution in [3.05, 3.63) is 0 Å². The molecular formula is C9H22N4O2S. The summed E-state index contributed by atoms with van der Waals surface area (Å²) in [5, 5.41) is 2.95. The fourth-order valence-electron chi connectivity index (χ4n) is 0.888. The van der Waals surface area contributed by atoms with Crippen LogP contribution < -0.4 is 11.1 Å². The molecule has 0 saturated heterocycles. The van der Waals surface area contributed by atoms with Crippen LogP contribution in [-0.2, 0) is 10.0 Å². The number of rotatable bonds is 4. The lowest BCUT2D eigenvalue weighted by Gasteiger charge is -2.21. The predicted octanol–water partition coefficient (Wildman–Crippen LogP) is -0.419. The molecule has 0 aliphatic heterocycles. The number of aliphatic imine (C=N–C) groups is 1. The maximum absolute atomic E-state index is 11.4. The van der Waals surface area contributed by atoms with Crippen LogP contribution in [0.1, 0.15) is 20.8 Å². The van der Waals surface area contributed by atoms with Crippen LogP contribution in [-0.4, -0.2) is 50.6 Å². The third kappa shape index (κ3) is 6.62. The maximum atomic E-state index is 11.4. The molecule has 0 bridgehead atoms. The lowest BCUT2D eigenvalue weighted by molar-refractivity contribution is 0.508. The SMILES string of the molecule is CN(C)S(=O)(=O)CCN=C(N)NC(C)(C)C. The fraction of sp³-hybridized carbons (Fsp3) is 0.889. The van der Waals surface area contributed by atoms with Gasteiger partial charge < -0.3 is 11.1 Å². The van der Waals surface area contributed by atoms with Gasteiger partial charge in [-0.05, 0) is 20.8 Å². The van der Waals surface area contributed by atoms with Gasteiger partial charge in [-0.25, -0.2) is 12.7 Å². The second kappa shape index (κ2) is 5.49. The molecule has 3 N–H and O–H groups in total. The van der Waals surface area contributed by atoms with Crippen LogP contribution in [0.4, 0.5) is 0 Å². The Balaban J connectivity index is 4.21. The molecule has 6 nitrogen and oxygen atoms in total. The van der Waals surface area contributed by atoms with E-state index < -0.39 is 10.0 Å². The van der Waals surface area contributed by atoms with E-state index in [9.17, 15) is 8.42 Å². The van der Waals surface area contributed by atoms with E-state index in [1.54, 1.807) is 0 Å². The summed E-state index contributed by atoms with van der Waals surface area (Å²) in [5.41, 5.74) is 5.42. The lowest BCUT2D eigenvalue weighted by Crippen LogP contribution is -2.45. The highest BCUT2D eigenvalue weighted by Gasteiger charge is 2.13. The average Bonchev–Trinajstić information content (AvgIpc) is 1.99. The van der Waals surface area contributed by atoms with Gasteiger partial charge in [-0.3, -0.25) is 4.99 Å². The summed E-state index contributed by atoms with van der Waals surface area (Å²) in [5.74, 6) is 0.230. The second-order valence-corrected chi connectivity index (χ2v) is 7.04. The van der Waals surface area contributed by atoms with Gasteiger partial charge in [0.05, 0.1) is 12.3 Å². The number of hydrogen-bond donors (Lipinski definition) is 2. The zero-order chi connectivity index (χ0) is 13.0. The van der Waals surface area contributed by atoms with Crippen LogP contribution >= 0.6 is 0 Å². The molecule has 0 unspecified atom stereocenters. The largest absolute Gasteiger partial charge is 0.370 e. The summed E-state index contributed by atoms with van der Waals surface area (Å²) in [6.45, 7) is 6.01. The van der Waals surface area contributed by atoms with E-state index in [1.807, 2.05) is 20.8 Å². The minimum Gasteiger partial charge on any atom is -0.370 e. The molecule has 7 heteroatoms. The predicted molar refractivity (Wildman–Crippen MR) is 66.9 cm³/mol. The third-order valence-corrected chi connectivity index (χ3v) is 3.50. The van der Waals surface area contributed by atoms with E-state index in [1.165, 1.54) is 18.4 Å². The molecule has 0 spiro atoms. The molecule has 16 heavy (non-hydrogen) atoms. The highest BCUT2D eigenvalue weighted by molar-refractivity contribution is 7.89. The minimum absolute atomic E-state index is 0.0352. The molecule has 0 amide bonds. The Kier molecular flexibility index (Phi) is 5.21. The second-order valence-electron chi connectivity index (χ2n) is 4.74. The zero-order valence-electron chi connectivity index (χ0n) is 10.6. The molecule has 0 aliphatic rings. The van der Waals surface area contributed by atoms with Gasteiger partial charge >= 0.3 is 0 Å². The van der Waals surface area contributed by atoms with E-state index in [-0.39, 0.29) is 23.8 Å². The number of nitrogens with two attached hydrogens (primary N) is 1. The summed E-state index contributed by atoms with van der Waals surface area (Å²) in [6, 6.07) is 0. The third-order valence-electron chi connectivity index (χ3n) is 1.69. The Morgan fingerprint density at radius 1 is 1.38 bits per heavy atom. The van der Waals surface area contributed by atoms with Crippen LogP contribution in [0.2, 0.25) is 0 Å². The van der Waals surface area contributed by atoms with Crippen molar-refractivity contribution in [2.75, 3.05) is 26.4 Å². The van der Waals surface area contributed by atoms with Crippen molar-refractivity contribution in [2.24, 2.45) is 10.7 Å². The van der Waals surface area contributed by atoms with Crippen molar-refractivity contribution in [3.8, 4) is 0 Å². The van der Waals surface area contributed by atoms with Crippen molar-refractivity contribution in [1.29, 1.82) is 0 Å². The summed E-state index contributed by atoms with van der Waals surface area (Å²) in [4.78, 5) is 3.95. The quantitative estimate of drug-likeness (QED) is 0.524. The van der Waals surface area contributed by atoms with Crippen LogP contribution in [0.5, 0.6) is 0 Å². The average molecular weight is 250 g/mol. The number of nitrogens with zero attached hydrogens (tertiary/aromatic N) is 2. The Morgan fingerprint density at radius 2 is 1.88 bits per heavy atom. The first-order chi connectivity index (χ1) is 7.04. The first-order valence-corrected chi connectivity index (χ1v) is 6.64. The molecule has 96 valence electrons. The number of nitrogens with one attached hydrogen (secondary N) is 1. The van der Waals surface area contributed by atoms with Gasteiger partial charge in [-0.1, -0.05) is 0 Å². The van der Waals surface area contributed by atoms with Crippen molar-refractivity contribution in [3.63, 3.8) is 0 Å². The molecule has 0 saturated carbocycles. The van der Waals surface area contributed by atoms with Gasteiger partial charge in [-0.15, -0.1) is 0 Å². The van der Waals surface area contributed by atoms with Gasteiger partial charge in [0.25, 0.3) is 0 Å². The van der Waals surface area contributed by atoms with Crippen molar-refractivity contribution < 1.29 is 8.42 Å². The zero-order valence-corrected chi connectivity index (χ0v) is 11.4. The summed E-state index contributed by atoms with van der Waals surface area (Å²) in [7, 11) is -0.203. The summed E-state index contributed by atoms with van der Waals surface area (Å²) in [6.07, 6.45) is 0. The normalized spacial score (nSPS) is 14.2. The number of guanidine groups is 1. The van der Waals surface area contributed by atoms with Crippen LogP contribution in [0, 0.1) is 0 Å². The van der Waals surface area contributed by atoms with E-state index in [2.05, 4.69) is 10.3 Å². The van der Waals surface area contributed by atoms with Gasteiger partial charge in [0.1, 0.15) is 0 Å². The summed E-state index contributed by atoms with van der Waals surface area (Å²) >= 11 is 0. The fourth-order valence-corrected chi connectivity index (χ4v) is 1.57. The van der Waals surface area contributed by atoms with Crippen molar-refractivity contribution in [1.82, 2.24) is 9.62 Å². The Bertz CT molecular complexity index is 341. The summed E-state index contributed by atoms with van der Waals surface area (Å²) < 4.78 is 24.0. The van der Waals surface area contributed by atoms with Crippen molar-refractivity contribution in [2.45, 2.75) is 26.3 Å². The molecule has 0 aromatic carbocycles. The molecule has 0 rings (SSSR count). The van der Waals surface area contributed by atoms with Gasteiger partial charge in [-0.2, -0.15) is 0 Å². The molecule has 0 aromatic heterocycles. The highest BCUT2D eigenvalue weighted by Crippen LogP contribution is 1.97. The van der Waals surface area contributed by atoms with Gasteiger partial charge in [0.15, 0.2) is 5.96 Å². The van der Waals surface area contributed by atoms with Gasteiger partial charge in [0, 0.05) is 19.6 Å². The lowest BCUT2D eigenvalue weighted by atomic mass is 10.1. The molecule has 0 fully saturated rings. The molecule has 0 radical (unpaired) electrons. The first kappa shape index (κ1) is 15.2. The van der Waals surface area contributed by atoms with E-state index in [0.29, 0.717) is 0 Å². The molecule has 0 aromatic rings. The molecule has 0 atom stereocenters.